The maximum absolute atomic E-state index is 12.3. The molecule has 1 aromatic rings. The van der Waals surface area contributed by atoms with Crippen LogP contribution in [0.1, 0.15) is 40.9 Å². The normalized spacial score (nSPS) is 17.6. The van der Waals surface area contributed by atoms with Gasteiger partial charge in [-0.25, -0.2) is 4.98 Å². The number of carbonyl (C=O) groups is 1. The molecule has 0 spiro atoms. The molecule has 21 heavy (non-hydrogen) atoms. The van der Waals surface area contributed by atoms with Gasteiger partial charge in [-0.2, -0.15) is 0 Å². The maximum Gasteiger partial charge on any atom is 0.263 e. The minimum absolute atomic E-state index is 0.0103. The molecule has 2 heterocycles. The number of aromatic nitrogens is 1. The van der Waals surface area contributed by atoms with Gasteiger partial charge in [0.25, 0.3) is 5.91 Å². The van der Waals surface area contributed by atoms with Crippen molar-refractivity contribution in [2.24, 2.45) is 5.41 Å². The van der Waals surface area contributed by atoms with Crippen molar-refractivity contribution in [3.8, 4) is 0 Å². The van der Waals surface area contributed by atoms with Crippen LogP contribution < -0.4 is 10.6 Å². The molecule has 1 aliphatic rings. The minimum atomic E-state index is -0.0103. The molecular formula is C15H25N3O2S. The Labute approximate surface area is 130 Å². The van der Waals surface area contributed by atoms with Gasteiger partial charge >= 0.3 is 0 Å². The zero-order valence-electron chi connectivity index (χ0n) is 12.9. The summed E-state index contributed by atoms with van der Waals surface area (Å²) in [5.41, 5.74) is 0.0621. The highest BCUT2D eigenvalue weighted by molar-refractivity contribution is 7.13. The van der Waals surface area contributed by atoms with E-state index in [2.05, 4.69) is 22.5 Å². The first-order valence-corrected chi connectivity index (χ1v) is 8.43. The highest BCUT2D eigenvalue weighted by Crippen LogP contribution is 2.28. The fourth-order valence-electron chi connectivity index (χ4n) is 2.74. The summed E-state index contributed by atoms with van der Waals surface area (Å²) in [6, 6.07) is 0. The Morgan fingerprint density at radius 2 is 2.29 bits per heavy atom. The van der Waals surface area contributed by atoms with Crippen LogP contribution in [0.4, 0.5) is 0 Å². The van der Waals surface area contributed by atoms with Gasteiger partial charge in [0.05, 0.1) is 17.8 Å². The summed E-state index contributed by atoms with van der Waals surface area (Å²) in [5, 5.41) is 7.47. The number of rotatable bonds is 7. The zero-order valence-corrected chi connectivity index (χ0v) is 13.7. The van der Waals surface area contributed by atoms with Crippen molar-refractivity contribution in [2.75, 3.05) is 33.4 Å². The lowest BCUT2D eigenvalue weighted by molar-refractivity contribution is 0.0512. The molecular weight excluding hydrogens is 286 g/mol. The molecule has 0 atom stereocenters. The number of nitrogens with one attached hydrogen (secondary N) is 2. The number of aryl methyl sites for hydroxylation is 1. The molecule has 2 rings (SSSR count). The number of hydrogen-bond donors (Lipinski definition) is 2. The van der Waals surface area contributed by atoms with Gasteiger partial charge in [-0.05, 0) is 38.8 Å². The van der Waals surface area contributed by atoms with E-state index in [0.717, 1.165) is 43.8 Å². The number of thiazole rings is 1. The number of hydrogen-bond acceptors (Lipinski definition) is 5. The van der Waals surface area contributed by atoms with Crippen molar-refractivity contribution in [2.45, 2.75) is 32.6 Å². The lowest BCUT2D eigenvalue weighted by Crippen LogP contribution is -2.47. The van der Waals surface area contributed by atoms with Gasteiger partial charge in [0.1, 0.15) is 4.88 Å². The van der Waals surface area contributed by atoms with Gasteiger partial charge in [-0.3, -0.25) is 4.79 Å². The fourth-order valence-corrected chi connectivity index (χ4v) is 3.67. The highest BCUT2D eigenvalue weighted by Gasteiger charge is 2.32. The topological polar surface area (TPSA) is 63.2 Å². The van der Waals surface area contributed by atoms with E-state index in [9.17, 15) is 4.79 Å². The van der Waals surface area contributed by atoms with Crippen LogP contribution in [0.2, 0.25) is 0 Å². The van der Waals surface area contributed by atoms with E-state index in [4.69, 9.17) is 4.74 Å². The number of nitrogens with zero attached hydrogens (tertiary/aromatic N) is 1. The van der Waals surface area contributed by atoms with Gasteiger partial charge in [0, 0.05) is 19.1 Å². The smallest absolute Gasteiger partial charge is 0.263 e. The molecule has 0 saturated carbocycles. The Bertz CT molecular complexity index is 450. The Hall–Kier alpha value is -0.980. The molecule has 1 amide bonds. The molecule has 1 aliphatic heterocycles. The van der Waals surface area contributed by atoms with E-state index >= 15 is 0 Å². The Balaban J connectivity index is 1.91. The molecule has 1 fully saturated rings. The minimum Gasteiger partial charge on any atom is -0.384 e. The van der Waals surface area contributed by atoms with Crippen molar-refractivity contribution in [3.63, 3.8) is 0 Å². The second-order valence-corrected chi connectivity index (χ2v) is 6.85. The average molecular weight is 311 g/mol. The summed E-state index contributed by atoms with van der Waals surface area (Å²) < 4.78 is 5.37. The molecule has 0 aromatic carbocycles. The van der Waals surface area contributed by atoms with Crippen LogP contribution >= 0.6 is 11.3 Å². The Morgan fingerprint density at radius 3 is 2.95 bits per heavy atom. The second-order valence-electron chi connectivity index (χ2n) is 5.73. The molecule has 0 aliphatic carbocycles. The van der Waals surface area contributed by atoms with Crippen LogP contribution in [-0.4, -0.2) is 44.2 Å². The van der Waals surface area contributed by atoms with E-state index in [0.29, 0.717) is 18.0 Å². The monoisotopic (exact) mass is 311 g/mol. The fraction of sp³-hybridized carbons (Fsp3) is 0.733. The summed E-state index contributed by atoms with van der Waals surface area (Å²) in [4.78, 5) is 17.3. The summed E-state index contributed by atoms with van der Waals surface area (Å²) in [5.74, 6) is -0.0103. The van der Waals surface area contributed by atoms with Crippen molar-refractivity contribution >= 4 is 17.2 Å². The van der Waals surface area contributed by atoms with Crippen molar-refractivity contribution in [1.29, 1.82) is 0 Å². The van der Waals surface area contributed by atoms with Crippen LogP contribution in [0.5, 0.6) is 0 Å². The molecule has 5 nitrogen and oxygen atoms in total. The van der Waals surface area contributed by atoms with Crippen LogP contribution in [-0.2, 0) is 11.2 Å². The average Bonchev–Trinajstić information content (AvgIpc) is 2.95. The van der Waals surface area contributed by atoms with Crippen LogP contribution in [0.15, 0.2) is 6.20 Å². The Morgan fingerprint density at radius 1 is 1.52 bits per heavy atom. The number of carbonyl (C=O) groups excluding carboxylic acids is 1. The molecule has 2 N–H and O–H groups in total. The third-order valence-corrected chi connectivity index (χ3v) is 5.04. The molecule has 6 heteroatoms. The molecule has 0 radical (unpaired) electrons. The van der Waals surface area contributed by atoms with Gasteiger partial charge in [0.2, 0.25) is 0 Å². The van der Waals surface area contributed by atoms with Gasteiger partial charge in [0.15, 0.2) is 0 Å². The summed E-state index contributed by atoms with van der Waals surface area (Å²) >= 11 is 1.50. The van der Waals surface area contributed by atoms with E-state index in [1.165, 1.54) is 11.3 Å². The van der Waals surface area contributed by atoms with Crippen LogP contribution in [0.3, 0.4) is 0 Å². The third-order valence-electron chi connectivity index (χ3n) is 3.98. The lowest BCUT2D eigenvalue weighted by atomic mass is 9.79. The van der Waals surface area contributed by atoms with Crippen LogP contribution in [0.25, 0.3) is 0 Å². The van der Waals surface area contributed by atoms with E-state index in [-0.39, 0.29) is 11.3 Å². The Kier molecular flexibility index (Phi) is 6.14. The molecule has 118 valence electrons. The number of amides is 1. The first-order chi connectivity index (χ1) is 10.2. The highest BCUT2D eigenvalue weighted by atomic mass is 32.1. The van der Waals surface area contributed by atoms with Gasteiger partial charge in [-0.15, -0.1) is 11.3 Å². The largest absolute Gasteiger partial charge is 0.384 e. The van der Waals surface area contributed by atoms with Crippen LogP contribution in [0, 0.1) is 5.41 Å². The van der Waals surface area contributed by atoms with Gasteiger partial charge < -0.3 is 15.4 Å². The zero-order chi connectivity index (χ0) is 15.1. The standard InChI is InChI=1S/C15H25N3O2S/c1-3-4-13-17-9-12(21-13)14(19)18-10-15(11-20-2)5-7-16-8-6-15/h9,16H,3-8,10-11H2,1-2H3,(H,18,19). The molecule has 1 aromatic heterocycles. The predicted octanol–water partition coefficient (Wildman–Crippen LogP) is 1.84. The maximum atomic E-state index is 12.3. The first-order valence-electron chi connectivity index (χ1n) is 7.62. The summed E-state index contributed by atoms with van der Waals surface area (Å²) in [6.07, 6.45) is 5.75. The predicted molar refractivity (Wildman–Crippen MR) is 84.9 cm³/mol. The van der Waals surface area contributed by atoms with Gasteiger partial charge in [-0.1, -0.05) is 6.92 Å². The van der Waals surface area contributed by atoms with Crippen molar-refractivity contribution < 1.29 is 9.53 Å². The third kappa shape index (κ3) is 4.49. The molecule has 0 unspecified atom stereocenters. The second kappa shape index (κ2) is 7.87. The first kappa shape index (κ1) is 16.4. The number of ether oxygens (including phenoxy) is 1. The van der Waals surface area contributed by atoms with E-state index < -0.39 is 0 Å². The summed E-state index contributed by atoms with van der Waals surface area (Å²) in [6.45, 7) is 5.45. The van der Waals surface area contributed by atoms with Crippen molar-refractivity contribution in [1.82, 2.24) is 15.6 Å². The molecule has 0 bridgehead atoms. The quantitative estimate of drug-likeness (QED) is 0.806. The SMILES string of the molecule is CCCc1ncc(C(=O)NCC2(COC)CCNCC2)s1. The van der Waals surface area contributed by atoms with E-state index in [1.807, 2.05) is 0 Å². The lowest BCUT2D eigenvalue weighted by Gasteiger charge is -2.37. The summed E-state index contributed by atoms with van der Waals surface area (Å²) in [7, 11) is 1.73. The van der Waals surface area contributed by atoms with E-state index in [1.54, 1.807) is 13.3 Å². The molecule has 1 saturated heterocycles. The number of piperidine rings is 1. The number of methoxy groups -OCH3 is 1. The van der Waals surface area contributed by atoms with Crippen molar-refractivity contribution in [3.05, 3.63) is 16.1 Å².